The average molecular weight is 284 g/mol. The second kappa shape index (κ2) is 5.31. The summed E-state index contributed by atoms with van der Waals surface area (Å²) in [5, 5.41) is 0.640. The maximum absolute atomic E-state index is 12.2. The Bertz CT molecular complexity index is 733. The molecule has 0 aliphatic carbocycles. The largest absolute Gasteiger partial charge is 0.433 e. The van der Waals surface area contributed by atoms with Gasteiger partial charge in [0.1, 0.15) is 0 Å². The third kappa shape index (κ3) is 2.49. The zero-order valence-electron chi connectivity index (χ0n) is 10.4. The normalized spacial score (nSPS) is 10.4. The molecular formula is C16H10ClNO2. The smallest absolute Gasteiger partial charge is 0.229 e. The fourth-order valence-corrected chi connectivity index (χ4v) is 1.96. The second-order valence-electron chi connectivity index (χ2n) is 4.23. The Morgan fingerprint density at radius 2 is 1.70 bits per heavy atom. The van der Waals surface area contributed by atoms with Crippen LogP contribution in [0.2, 0.25) is 5.02 Å². The summed E-state index contributed by atoms with van der Waals surface area (Å²) in [6.45, 7) is 0. The molecule has 0 fully saturated rings. The molecule has 0 atom stereocenters. The minimum absolute atomic E-state index is 0.182. The fraction of sp³-hybridized carbons (Fsp3) is 0. The van der Waals surface area contributed by atoms with E-state index in [-0.39, 0.29) is 11.5 Å². The number of carbonyl (C=O) groups is 1. The summed E-state index contributed by atoms with van der Waals surface area (Å²) in [6, 6.07) is 16.1. The highest BCUT2D eigenvalue weighted by atomic mass is 35.5. The summed E-state index contributed by atoms with van der Waals surface area (Å²) >= 11 is 5.83. The van der Waals surface area contributed by atoms with E-state index in [1.165, 1.54) is 6.20 Å². The van der Waals surface area contributed by atoms with E-state index in [2.05, 4.69) is 4.98 Å². The van der Waals surface area contributed by atoms with Crippen LogP contribution in [0.4, 0.5) is 0 Å². The van der Waals surface area contributed by atoms with Gasteiger partial charge in [-0.2, -0.15) is 0 Å². The summed E-state index contributed by atoms with van der Waals surface area (Å²) < 4.78 is 5.52. The standard InChI is InChI=1S/C16H10ClNO2/c17-13-8-6-12(7-9-13)16-18-10-14(20-16)15(19)11-4-2-1-3-5-11/h1-10H. The van der Waals surface area contributed by atoms with Crippen molar-refractivity contribution in [3.63, 3.8) is 0 Å². The van der Waals surface area contributed by atoms with Crippen LogP contribution < -0.4 is 0 Å². The highest BCUT2D eigenvalue weighted by molar-refractivity contribution is 6.30. The van der Waals surface area contributed by atoms with Crippen molar-refractivity contribution in [2.75, 3.05) is 0 Å². The molecule has 0 amide bonds. The summed E-state index contributed by atoms with van der Waals surface area (Å²) in [6.07, 6.45) is 1.44. The Kier molecular flexibility index (Phi) is 3.35. The van der Waals surface area contributed by atoms with Crippen LogP contribution in [-0.4, -0.2) is 10.8 Å². The molecule has 20 heavy (non-hydrogen) atoms. The lowest BCUT2D eigenvalue weighted by atomic mass is 10.1. The van der Waals surface area contributed by atoms with Gasteiger partial charge < -0.3 is 4.42 Å². The molecule has 0 saturated carbocycles. The van der Waals surface area contributed by atoms with Gasteiger partial charge in [-0.15, -0.1) is 0 Å². The molecule has 3 nitrogen and oxygen atoms in total. The SMILES string of the molecule is O=C(c1ccccc1)c1cnc(-c2ccc(Cl)cc2)o1. The van der Waals surface area contributed by atoms with Gasteiger partial charge in [0.25, 0.3) is 0 Å². The van der Waals surface area contributed by atoms with Crippen LogP contribution in [0.5, 0.6) is 0 Å². The highest BCUT2D eigenvalue weighted by Crippen LogP contribution is 2.22. The molecular weight excluding hydrogens is 274 g/mol. The Hall–Kier alpha value is -2.39. The molecule has 1 aromatic heterocycles. The highest BCUT2D eigenvalue weighted by Gasteiger charge is 2.15. The van der Waals surface area contributed by atoms with Crippen molar-refractivity contribution >= 4 is 17.4 Å². The maximum Gasteiger partial charge on any atom is 0.229 e. The number of hydrogen-bond donors (Lipinski definition) is 0. The van der Waals surface area contributed by atoms with Gasteiger partial charge in [-0.3, -0.25) is 4.79 Å². The van der Waals surface area contributed by atoms with Gasteiger partial charge in [-0.1, -0.05) is 41.9 Å². The number of aromatic nitrogens is 1. The van der Waals surface area contributed by atoms with Gasteiger partial charge in [0, 0.05) is 16.1 Å². The van der Waals surface area contributed by atoms with Crippen molar-refractivity contribution in [1.29, 1.82) is 0 Å². The molecule has 3 rings (SSSR count). The van der Waals surface area contributed by atoms with E-state index in [0.717, 1.165) is 5.56 Å². The Labute approximate surface area is 120 Å². The Morgan fingerprint density at radius 1 is 1.00 bits per heavy atom. The van der Waals surface area contributed by atoms with E-state index < -0.39 is 0 Å². The number of oxazole rings is 1. The van der Waals surface area contributed by atoms with Crippen molar-refractivity contribution in [3.05, 3.63) is 77.1 Å². The van der Waals surface area contributed by atoms with Gasteiger partial charge in [0.2, 0.25) is 11.7 Å². The monoisotopic (exact) mass is 283 g/mol. The number of hydrogen-bond acceptors (Lipinski definition) is 3. The molecule has 0 aliphatic heterocycles. The number of carbonyl (C=O) groups excluding carboxylic acids is 1. The van der Waals surface area contributed by atoms with Crippen LogP contribution >= 0.6 is 11.6 Å². The van der Waals surface area contributed by atoms with Crippen LogP contribution in [-0.2, 0) is 0 Å². The van der Waals surface area contributed by atoms with Gasteiger partial charge in [0.05, 0.1) is 6.20 Å². The van der Waals surface area contributed by atoms with Crippen molar-refractivity contribution in [3.8, 4) is 11.5 Å². The Morgan fingerprint density at radius 3 is 2.40 bits per heavy atom. The molecule has 0 bridgehead atoms. The average Bonchev–Trinajstić information content (AvgIpc) is 2.98. The third-order valence-electron chi connectivity index (χ3n) is 2.86. The molecule has 3 aromatic rings. The zero-order chi connectivity index (χ0) is 13.9. The van der Waals surface area contributed by atoms with Crippen LogP contribution in [0.3, 0.4) is 0 Å². The first-order chi connectivity index (χ1) is 9.74. The first-order valence-electron chi connectivity index (χ1n) is 6.05. The van der Waals surface area contributed by atoms with E-state index in [4.69, 9.17) is 16.0 Å². The molecule has 0 saturated heterocycles. The molecule has 4 heteroatoms. The molecule has 0 spiro atoms. The molecule has 0 unspecified atom stereocenters. The quantitative estimate of drug-likeness (QED) is 0.676. The van der Waals surface area contributed by atoms with Crippen LogP contribution in [0.15, 0.2) is 65.2 Å². The lowest BCUT2D eigenvalue weighted by molar-refractivity contribution is 0.101. The van der Waals surface area contributed by atoms with Crippen molar-refractivity contribution in [1.82, 2.24) is 4.98 Å². The summed E-state index contributed by atoms with van der Waals surface area (Å²) in [5.41, 5.74) is 1.35. The number of benzene rings is 2. The van der Waals surface area contributed by atoms with Crippen molar-refractivity contribution in [2.45, 2.75) is 0 Å². The third-order valence-corrected chi connectivity index (χ3v) is 3.11. The maximum atomic E-state index is 12.2. The topological polar surface area (TPSA) is 43.1 Å². The first kappa shape index (κ1) is 12.6. The second-order valence-corrected chi connectivity index (χ2v) is 4.67. The van der Waals surface area contributed by atoms with Crippen LogP contribution in [0.1, 0.15) is 16.1 Å². The van der Waals surface area contributed by atoms with Crippen molar-refractivity contribution < 1.29 is 9.21 Å². The summed E-state index contributed by atoms with van der Waals surface area (Å²) in [4.78, 5) is 16.3. The molecule has 2 aromatic carbocycles. The first-order valence-corrected chi connectivity index (χ1v) is 6.43. The zero-order valence-corrected chi connectivity index (χ0v) is 11.2. The lowest BCUT2D eigenvalue weighted by Gasteiger charge is -1.97. The molecule has 1 heterocycles. The van der Waals surface area contributed by atoms with Gasteiger partial charge in [-0.25, -0.2) is 4.98 Å². The predicted molar refractivity (Wildman–Crippen MR) is 76.8 cm³/mol. The molecule has 0 N–H and O–H groups in total. The van der Waals surface area contributed by atoms with Gasteiger partial charge in [0.15, 0.2) is 5.76 Å². The van der Waals surface area contributed by atoms with Gasteiger partial charge >= 0.3 is 0 Å². The van der Waals surface area contributed by atoms with E-state index >= 15 is 0 Å². The van der Waals surface area contributed by atoms with Crippen molar-refractivity contribution in [2.24, 2.45) is 0 Å². The number of nitrogens with zero attached hydrogens (tertiary/aromatic N) is 1. The number of rotatable bonds is 3. The number of ketones is 1. The molecule has 0 radical (unpaired) electrons. The summed E-state index contributed by atoms with van der Waals surface area (Å²) in [5.74, 6) is 0.445. The van der Waals surface area contributed by atoms with E-state index in [9.17, 15) is 4.79 Å². The van der Waals surface area contributed by atoms with Gasteiger partial charge in [-0.05, 0) is 24.3 Å². The van der Waals surface area contributed by atoms with E-state index in [1.807, 2.05) is 18.2 Å². The van der Waals surface area contributed by atoms with Crippen LogP contribution in [0, 0.1) is 0 Å². The minimum atomic E-state index is -0.182. The lowest BCUT2D eigenvalue weighted by Crippen LogP contribution is -1.98. The van der Waals surface area contributed by atoms with E-state index in [0.29, 0.717) is 16.5 Å². The fourth-order valence-electron chi connectivity index (χ4n) is 1.84. The predicted octanol–water partition coefficient (Wildman–Crippen LogP) is 4.23. The van der Waals surface area contributed by atoms with E-state index in [1.54, 1.807) is 36.4 Å². The summed E-state index contributed by atoms with van der Waals surface area (Å²) in [7, 11) is 0. The minimum Gasteiger partial charge on any atom is -0.433 e. The number of halogens is 1. The molecule has 0 aliphatic rings. The Balaban J connectivity index is 1.91. The molecule has 98 valence electrons. The van der Waals surface area contributed by atoms with Crippen LogP contribution in [0.25, 0.3) is 11.5 Å².